The molecule has 1 aromatic heterocycles. The first-order valence-corrected chi connectivity index (χ1v) is 5.54. The van der Waals surface area contributed by atoms with Crippen molar-refractivity contribution in [2.24, 2.45) is 0 Å². The molecule has 3 nitrogen and oxygen atoms in total. The van der Waals surface area contributed by atoms with E-state index in [9.17, 15) is 0 Å². The van der Waals surface area contributed by atoms with E-state index >= 15 is 0 Å². The molecule has 0 fully saturated rings. The maximum Gasteiger partial charge on any atom is 0.107 e. The van der Waals surface area contributed by atoms with Crippen molar-refractivity contribution in [1.29, 1.82) is 0 Å². The lowest BCUT2D eigenvalue weighted by molar-refractivity contribution is 0.496. The van der Waals surface area contributed by atoms with Crippen LogP contribution in [0.3, 0.4) is 0 Å². The maximum absolute atomic E-state index is 4.18. The number of aromatic nitrogens is 2. The molecule has 0 radical (unpaired) electrons. The van der Waals surface area contributed by atoms with Crippen molar-refractivity contribution < 1.29 is 0 Å². The second-order valence-electron chi connectivity index (χ2n) is 3.78. The van der Waals surface area contributed by atoms with Gasteiger partial charge in [-0.2, -0.15) is 0 Å². The van der Waals surface area contributed by atoms with Crippen LogP contribution in [0.15, 0.2) is 12.4 Å². The van der Waals surface area contributed by atoms with Gasteiger partial charge in [0.25, 0.3) is 0 Å². The van der Waals surface area contributed by atoms with Gasteiger partial charge in [0.05, 0.1) is 0 Å². The lowest BCUT2D eigenvalue weighted by atomic mass is 10.1. The second-order valence-corrected chi connectivity index (χ2v) is 3.78. The van der Waals surface area contributed by atoms with Gasteiger partial charge in [0.15, 0.2) is 0 Å². The Hall–Kier alpha value is -0.830. The average Bonchev–Trinajstić information content (AvgIpc) is 2.67. The zero-order valence-electron chi connectivity index (χ0n) is 9.21. The third-order valence-corrected chi connectivity index (χ3v) is 2.40. The highest BCUT2D eigenvalue weighted by Crippen LogP contribution is 1.99. The zero-order chi connectivity index (χ0) is 10.2. The SMILES string of the molecule is CCCCC(C)NCCc1ncc[nH]1. The molecule has 0 bridgehead atoms. The topological polar surface area (TPSA) is 40.7 Å². The first-order valence-electron chi connectivity index (χ1n) is 5.54. The Bertz CT molecular complexity index is 218. The van der Waals surface area contributed by atoms with Crippen LogP contribution in [-0.4, -0.2) is 22.6 Å². The molecule has 0 aromatic carbocycles. The van der Waals surface area contributed by atoms with Gasteiger partial charge in [0.1, 0.15) is 5.82 Å². The molecule has 80 valence electrons. The van der Waals surface area contributed by atoms with Crippen LogP contribution in [0.4, 0.5) is 0 Å². The Balaban J connectivity index is 2.03. The highest BCUT2D eigenvalue weighted by Gasteiger charge is 2.00. The molecule has 2 N–H and O–H groups in total. The van der Waals surface area contributed by atoms with E-state index < -0.39 is 0 Å². The van der Waals surface area contributed by atoms with Crippen LogP contribution in [0.1, 0.15) is 38.9 Å². The summed E-state index contributed by atoms with van der Waals surface area (Å²) in [5.41, 5.74) is 0. The minimum atomic E-state index is 0.630. The molecule has 0 amide bonds. The summed E-state index contributed by atoms with van der Waals surface area (Å²) in [7, 11) is 0. The van der Waals surface area contributed by atoms with Crippen molar-refractivity contribution in [2.75, 3.05) is 6.54 Å². The number of rotatable bonds is 7. The Morgan fingerprint density at radius 2 is 2.43 bits per heavy atom. The third-order valence-electron chi connectivity index (χ3n) is 2.40. The van der Waals surface area contributed by atoms with E-state index in [1.807, 2.05) is 6.20 Å². The van der Waals surface area contributed by atoms with Crippen molar-refractivity contribution in [3.8, 4) is 0 Å². The van der Waals surface area contributed by atoms with Gasteiger partial charge >= 0.3 is 0 Å². The Morgan fingerprint density at radius 3 is 3.07 bits per heavy atom. The quantitative estimate of drug-likeness (QED) is 0.699. The highest BCUT2D eigenvalue weighted by molar-refractivity contribution is 4.87. The van der Waals surface area contributed by atoms with Crippen LogP contribution in [0.5, 0.6) is 0 Å². The number of unbranched alkanes of at least 4 members (excludes halogenated alkanes) is 1. The van der Waals surface area contributed by atoms with E-state index in [4.69, 9.17) is 0 Å². The normalized spacial score (nSPS) is 13.0. The zero-order valence-corrected chi connectivity index (χ0v) is 9.21. The lowest BCUT2D eigenvalue weighted by Crippen LogP contribution is -2.28. The van der Waals surface area contributed by atoms with Gasteiger partial charge in [0, 0.05) is 31.4 Å². The molecule has 14 heavy (non-hydrogen) atoms. The van der Waals surface area contributed by atoms with E-state index in [-0.39, 0.29) is 0 Å². The van der Waals surface area contributed by atoms with Crippen molar-refractivity contribution in [3.05, 3.63) is 18.2 Å². The lowest BCUT2D eigenvalue weighted by Gasteiger charge is -2.12. The molecular weight excluding hydrogens is 174 g/mol. The number of hydrogen-bond acceptors (Lipinski definition) is 2. The smallest absolute Gasteiger partial charge is 0.107 e. The van der Waals surface area contributed by atoms with Crippen molar-refractivity contribution >= 4 is 0 Å². The maximum atomic E-state index is 4.18. The third kappa shape index (κ3) is 4.42. The minimum Gasteiger partial charge on any atom is -0.349 e. The summed E-state index contributed by atoms with van der Waals surface area (Å²) >= 11 is 0. The molecule has 0 aliphatic carbocycles. The van der Waals surface area contributed by atoms with Gasteiger partial charge in [-0.05, 0) is 13.3 Å². The highest BCUT2D eigenvalue weighted by atomic mass is 14.9. The van der Waals surface area contributed by atoms with Crippen LogP contribution in [-0.2, 0) is 6.42 Å². The first kappa shape index (κ1) is 11.2. The summed E-state index contributed by atoms with van der Waals surface area (Å²) in [6.07, 6.45) is 8.53. The van der Waals surface area contributed by atoms with E-state index in [0.717, 1.165) is 18.8 Å². The summed E-state index contributed by atoms with van der Waals surface area (Å²) in [6.45, 7) is 5.49. The number of nitrogens with one attached hydrogen (secondary N) is 2. The standard InChI is InChI=1S/C11H21N3/c1-3-4-5-10(2)12-7-6-11-13-8-9-14-11/h8-10,12H,3-7H2,1-2H3,(H,13,14). The number of H-pyrrole nitrogens is 1. The Labute approximate surface area is 86.3 Å². The molecular formula is C11H21N3. The van der Waals surface area contributed by atoms with Crippen molar-refractivity contribution in [2.45, 2.75) is 45.6 Å². The van der Waals surface area contributed by atoms with Gasteiger partial charge in [-0.3, -0.25) is 0 Å². The van der Waals surface area contributed by atoms with Crippen molar-refractivity contribution in [3.63, 3.8) is 0 Å². The second kappa shape index (κ2) is 6.60. The van der Waals surface area contributed by atoms with Gasteiger partial charge < -0.3 is 10.3 Å². The fourth-order valence-electron chi connectivity index (χ4n) is 1.48. The predicted octanol–water partition coefficient (Wildman–Crippen LogP) is 2.12. The monoisotopic (exact) mass is 195 g/mol. The summed E-state index contributed by atoms with van der Waals surface area (Å²) in [4.78, 5) is 7.28. The fraction of sp³-hybridized carbons (Fsp3) is 0.727. The van der Waals surface area contributed by atoms with Crippen LogP contribution >= 0.6 is 0 Å². The minimum absolute atomic E-state index is 0.630. The van der Waals surface area contributed by atoms with E-state index in [2.05, 4.69) is 29.1 Å². The molecule has 0 saturated carbocycles. The summed E-state index contributed by atoms with van der Waals surface area (Å²) < 4.78 is 0. The predicted molar refractivity (Wildman–Crippen MR) is 59.3 cm³/mol. The molecule has 0 aliphatic heterocycles. The van der Waals surface area contributed by atoms with Gasteiger partial charge in [-0.25, -0.2) is 4.98 Å². The Kier molecular flexibility index (Phi) is 5.30. The van der Waals surface area contributed by atoms with Crippen LogP contribution < -0.4 is 5.32 Å². The molecule has 1 aromatic rings. The van der Waals surface area contributed by atoms with Gasteiger partial charge in [-0.1, -0.05) is 19.8 Å². The number of imidazole rings is 1. The molecule has 1 unspecified atom stereocenters. The van der Waals surface area contributed by atoms with Crippen LogP contribution in [0.25, 0.3) is 0 Å². The molecule has 3 heteroatoms. The van der Waals surface area contributed by atoms with Crippen molar-refractivity contribution in [1.82, 2.24) is 15.3 Å². The molecule has 0 spiro atoms. The summed E-state index contributed by atoms with van der Waals surface area (Å²) in [5, 5.41) is 3.50. The fourth-order valence-corrected chi connectivity index (χ4v) is 1.48. The number of nitrogens with zero attached hydrogens (tertiary/aromatic N) is 1. The van der Waals surface area contributed by atoms with E-state index in [1.165, 1.54) is 19.3 Å². The molecule has 1 heterocycles. The molecule has 0 saturated heterocycles. The summed E-state index contributed by atoms with van der Waals surface area (Å²) in [6, 6.07) is 0.630. The van der Waals surface area contributed by atoms with Crippen LogP contribution in [0.2, 0.25) is 0 Å². The molecule has 0 aliphatic rings. The molecule has 1 rings (SSSR count). The van der Waals surface area contributed by atoms with E-state index in [1.54, 1.807) is 6.20 Å². The van der Waals surface area contributed by atoms with Gasteiger partial charge in [-0.15, -0.1) is 0 Å². The van der Waals surface area contributed by atoms with Gasteiger partial charge in [0.2, 0.25) is 0 Å². The number of aromatic amines is 1. The largest absolute Gasteiger partial charge is 0.349 e. The first-order chi connectivity index (χ1) is 6.83. The van der Waals surface area contributed by atoms with Crippen LogP contribution in [0, 0.1) is 0 Å². The van der Waals surface area contributed by atoms with E-state index in [0.29, 0.717) is 6.04 Å². The molecule has 1 atom stereocenters. The Morgan fingerprint density at radius 1 is 1.57 bits per heavy atom. The number of hydrogen-bond donors (Lipinski definition) is 2. The summed E-state index contributed by atoms with van der Waals surface area (Å²) in [5.74, 6) is 1.07. The average molecular weight is 195 g/mol.